The number of ether oxygens (including phenoxy) is 1. The molecule has 0 bridgehead atoms. The van der Waals surface area contributed by atoms with Gasteiger partial charge in [0.05, 0.1) is 24.4 Å². The second-order valence-corrected chi connectivity index (χ2v) is 4.84. The van der Waals surface area contributed by atoms with Crippen molar-refractivity contribution in [1.82, 2.24) is 4.98 Å². The van der Waals surface area contributed by atoms with Gasteiger partial charge in [-0.1, -0.05) is 6.08 Å². The second kappa shape index (κ2) is 4.60. The predicted octanol–water partition coefficient (Wildman–Crippen LogP) is 1.43. The fraction of sp³-hybridized carbons (Fsp3) is 0.250. The first-order valence-corrected chi connectivity index (χ1v) is 5.97. The van der Waals surface area contributed by atoms with Crippen LogP contribution in [0.3, 0.4) is 0 Å². The summed E-state index contributed by atoms with van der Waals surface area (Å²) >= 11 is 3.34. The van der Waals surface area contributed by atoms with E-state index in [1.165, 1.54) is 0 Å². The van der Waals surface area contributed by atoms with Gasteiger partial charge in [0.25, 0.3) is 0 Å². The summed E-state index contributed by atoms with van der Waals surface area (Å²) in [5.74, 6) is 0.718. The van der Waals surface area contributed by atoms with Crippen LogP contribution in [0.2, 0.25) is 0 Å². The number of pyridine rings is 1. The molecule has 1 heterocycles. The van der Waals surface area contributed by atoms with Crippen molar-refractivity contribution in [1.29, 1.82) is 0 Å². The SMILES string of the molecule is COC1=CC(N)C(N)(c2ccc(Br)cn2)C=C1. The third-order valence-corrected chi connectivity index (χ3v) is 3.29. The third kappa shape index (κ3) is 2.26. The van der Waals surface area contributed by atoms with Crippen LogP contribution in [-0.4, -0.2) is 18.1 Å². The van der Waals surface area contributed by atoms with Crippen LogP contribution < -0.4 is 11.5 Å². The lowest BCUT2D eigenvalue weighted by Gasteiger charge is -2.32. The molecular formula is C12H14BrN3O. The highest BCUT2D eigenvalue weighted by Gasteiger charge is 2.34. The smallest absolute Gasteiger partial charge is 0.116 e. The summed E-state index contributed by atoms with van der Waals surface area (Å²) in [7, 11) is 1.60. The van der Waals surface area contributed by atoms with Gasteiger partial charge in [-0.25, -0.2) is 0 Å². The minimum atomic E-state index is -0.789. The zero-order valence-electron chi connectivity index (χ0n) is 9.43. The Morgan fingerprint density at radius 1 is 1.47 bits per heavy atom. The van der Waals surface area contributed by atoms with E-state index in [1.807, 2.05) is 24.3 Å². The highest BCUT2D eigenvalue weighted by Crippen LogP contribution is 2.27. The molecule has 17 heavy (non-hydrogen) atoms. The summed E-state index contributed by atoms with van der Waals surface area (Å²) in [5.41, 5.74) is 12.3. The molecule has 0 saturated heterocycles. The molecule has 0 amide bonds. The molecule has 4 N–H and O–H groups in total. The lowest BCUT2D eigenvalue weighted by molar-refractivity contribution is 0.295. The van der Waals surface area contributed by atoms with Crippen LogP contribution in [0, 0.1) is 0 Å². The van der Waals surface area contributed by atoms with E-state index in [9.17, 15) is 0 Å². The van der Waals surface area contributed by atoms with Crippen molar-refractivity contribution in [3.05, 3.63) is 52.5 Å². The van der Waals surface area contributed by atoms with Gasteiger partial charge in [0.1, 0.15) is 5.76 Å². The molecule has 0 aliphatic heterocycles. The molecule has 0 fully saturated rings. The molecule has 0 radical (unpaired) electrons. The maximum Gasteiger partial charge on any atom is 0.116 e. The van der Waals surface area contributed by atoms with Crippen molar-refractivity contribution in [2.24, 2.45) is 11.5 Å². The van der Waals surface area contributed by atoms with E-state index in [0.717, 1.165) is 15.9 Å². The normalized spacial score (nSPS) is 27.8. The number of hydrogen-bond donors (Lipinski definition) is 2. The van der Waals surface area contributed by atoms with Gasteiger partial charge in [-0.05, 0) is 40.2 Å². The summed E-state index contributed by atoms with van der Waals surface area (Å²) in [6.07, 6.45) is 7.14. The lowest BCUT2D eigenvalue weighted by Crippen LogP contribution is -2.51. The summed E-state index contributed by atoms with van der Waals surface area (Å²) < 4.78 is 6.03. The van der Waals surface area contributed by atoms with Crippen molar-refractivity contribution in [2.75, 3.05) is 7.11 Å². The average molecular weight is 296 g/mol. The maximum atomic E-state index is 6.30. The van der Waals surface area contributed by atoms with E-state index in [2.05, 4.69) is 20.9 Å². The zero-order chi connectivity index (χ0) is 12.5. The summed E-state index contributed by atoms with van der Waals surface area (Å²) in [6, 6.07) is 3.39. The molecule has 4 nitrogen and oxygen atoms in total. The first-order valence-electron chi connectivity index (χ1n) is 5.18. The standard InChI is InChI=1S/C12H14BrN3O/c1-17-9-4-5-12(15,10(14)6-9)11-3-2-8(13)7-16-11/h2-7,10H,14-15H2,1H3. The van der Waals surface area contributed by atoms with Crippen molar-refractivity contribution >= 4 is 15.9 Å². The van der Waals surface area contributed by atoms with Gasteiger partial charge < -0.3 is 16.2 Å². The highest BCUT2D eigenvalue weighted by molar-refractivity contribution is 9.10. The fourth-order valence-electron chi connectivity index (χ4n) is 1.73. The largest absolute Gasteiger partial charge is 0.497 e. The maximum absolute atomic E-state index is 6.30. The average Bonchev–Trinajstić information content (AvgIpc) is 2.33. The number of allylic oxidation sites excluding steroid dienone is 1. The van der Waals surface area contributed by atoms with Crippen molar-refractivity contribution < 1.29 is 4.74 Å². The molecular weight excluding hydrogens is 282 g/mol. The number of hydrogen-bond acceptors (Lipinski definition) is 4. The molecule has 1 aromatic rings. The monoisotopic (exact) mass is 295 g/mol. The van der Waals surface area contributed by atoms with Crippen LogP contribution in [0.4, 0.5) is 0 Å². The van der Waals surface area contributed by atoms with Crippen LogP contribution in [0.1, 0.15) is 5.69 Å². The number of nitrogens with two attached hydrogens (primary N) is 2. The minimum Gasteiger partial charge on any atom is -0.497 e. The van der Waals surface area contributed by atoms with Crippen molar-refractivity contribution in [3.63, 3.8) is 0 Å². The number of rotatable bonds is 2. The Kier molecular flexibility index (Phi) is 3.33. The number of methoxy groups -OCH3 is 1. The topological polar surface area (TPSA) is 74.2 Å². The molecule has 0 saturated carbocycles. The molecule has 0 spiro atoms. The van der Waals surface area contributed by atoms with Gasteiger partial charge in [0.2, 0.25) is 0 Å². The quantitative estimate of drug-likeness (QED) is 0.865. The summed E-state index contributed by atoms with van der Waals surface area (Å²) in [4.78, 5) is 4.30. The van der Waals surface area contributed by atoms with Crippen LogP contribution in [0.15, 0.2) is 46.8 Å². The highest BCUT2D eigenvalue weighted by atomic mass is 79.9. The molecule has 2 unspecified atom stereocenters. The Bertz CT molecular complexity index is 469. The molecule has 2 atom stereocenters. The van der Waals surface area contributed by atoms with Crippen molar-refractivity contribution in [2.45, 2.75) is 11.6 Å². The Morgan fingerprint density at radius 3 is 2.76 bits per heavy atom. The van der Waals surface area contributed by atoms with E-state index < -0.39 is 5.54 Å². The lowest BCUT2D eigenvalue weighted by atomic mass is 9.84. The molecule has 1 aromatic heterocycles. The molecule has 1 aliphatic carbocycles. The van der Waals surface area contributed by atoms with Gasteiger partial charge in [-0.2, -0.15) is 0 Å². The molecule has 5 heteroatoms. The Morgan fingerprint density at radius 2 is 2.24 bits per heavy atom. The fourth-order valence-corrected chi connectivity index (χ4v) is 1.96. The Hall–Kier alpha value is -1.17. The first kappa shape index (κ1) is 12.3. The van der Waals surface area contributed by atoms with Gasteiger partial charge in [-0.15, -0.1) is 0 Å². The van der Waals surface area contributed by atoms with Crippen molar-refractivity contribution in [3.8, 4) is 0 Å². The van der Waals surface area contributed by atoms with Crippen LogP contribution >= 0.6 is 15.9 Å². The minimum absolute atomic E-state index is 0.365. The Labute approximate surface area is 108 Å². The molecule has 2 rings (SSSR count). The second-order valence-electron chi connectivity index (χ2n) is 3.93. The van der Waals surface area contributed by atoms with Crippen LogP contribution in [0.25, 0.3) is 0 Å². The van der Waals surface area contributed by atoms with Gasteiger partial charge in [0, 0.05) is 10.7 Å². The predicted molar refractivity (Wildman–Crippen MR) is 70.0 cm³/mol. The van der Waals surface area contributed by atoms with E-state index in [-0.39, 0.29) is 6.04 Å². The van der Waals surface area contributed by atoms with Gasteiger partial charge in [-0.3, -0.25) is 4.98 Å². The third-order valence-electron chi connectivity index (χ3n) is 2.83. The molecule has 90 valence electrons. The van der Waals surface area contributed by atoms with Gasteiger partial charge >= 0.3 is 0 Å². The zero-order valence-corrected chi connectivity index (χ0v) is 11.0. The van der Waals surface area contributed by atoms with Crippen LogP contribution in [0.5, 0.6) is 0 Å². The summed E-state index contributed by atoms with van der Waals surface area (Å²) in [6.45, 7) is 0. The molecule has 1 aliphatic rings. The number of halogens is 1. The first-order chi connectivity index (χ1) is 8.06. The van der Waals surface area contributed by atoms with E-state index in [0.29, 0.717) is 0 Å². The van der Waals surface area contributed by atoms with E-state index in [1.54, 1.807) is 19.4 Å². The molecule has 0 aromatic carbocycles. The van der Waals surface area contributed by atoms with E-state index >= 15 is 0 Å². The Balaban J connectivity index is 2.35. The van der Waals surface area contributed by atoms with Crippen LogP contribution in [-0.2, 0) is 10.3 Å². The number of aromatic nitrogens is 1. The number of nitrogens with zero attached hydrogens (tertiary/aromatic N) is 1. The van der Waals surface area contributed by atoms with Gasteiger partial charge in [0.15, 0.2) is 0 Å². The van der Waals surface area contributed by atoms with E-state index in [4.69, 9.17) is 16.2 Å². The summed E-state index contributed by atoms with van der Waals surface area (Å²) in [5, 5.41) is 0.